The number of Topliss-reactive ketones (excluding diaryl/α,β-unsaturated/α-hetero) is 2. The van der Waals surface area contributed by atoms with Gasteiger partial charge in [0.2, 0.25) is 5.78 Å². The van der Waals surface area contributed by atoms with E-state index in [9.17, 15) is 39.7 Å². The van der Waals surface area contributed by atoms with Gasteiger partial charge in [-0.2, -0.15) is 0 Å². The molecule has 43 heavy (non-hydrogen) atoms. The van der Waals surface area contributed by atoms with E-state index < -0.39 is 57.8 Å². The Labute approximate surface area is 249 Å². The summed E-state index contributed by atoms with van der Waals surface area (Å²) in [6, 6.07) is 7.24. The van der Waals surface area contributed by atoms with Crippen molar-refractivity contribution in [2.45, 2.75) is 24.9 Å². The summed E-state index contributed by atoms with van der Waals surface area (Å²) in [6.45, 7) is 0. The Morgan fingerprint density at radius 3 is 2.35 bits per heavy atom. The summed E-state index contributed by atoms with van der Waals surface area (Å²) in [4.78, 5) is 51.5. The number of hydrogen-bond donors (Lipinski definition) is 8. The van der Waals surface area contributed by atoms with Gasteiger partial charge in [-0.3, -0.25) is 14.4 Å². The first-order chi connectivity index (χ1) is 20.2. The van der Waals surface area contributed by atoms with Crippen LogP contribution in [0, 0.1) is 16.7 Å². The number of carbonyl (C=O) groups excluding carboxylic acids is 3. The molecule has 1 amide bonds. The van der Waals surface area contributed by atoms with Crippen molar-refractivity contribution in [3.05, 3.63) is 69.0 Å². The van der Waals surface area contributed by atoms with Crippen LogP contribution < -0.4 is 21.3 Å². The predicted molar refractivity (Wildman–Crippen MR) is 157 cm³/mol. The number of benzene rings is 2. The quantitative estimate of drug-likeness (QED) is 0.105. The summed E-state index contributed by atoms with van der Waals surface area (Å²) < 4.78 is 0. The molecule has 0 spiro atoms. The molecule has 0 saturated heterocycles. The zero-order valence-corrected chi connectivity index (χ0v) is 23.7. The Balaban J connectivity index is 1.54. The number of thiocarbonyl (C=S) groups is 1. The van der Waals surface area contributed by atoms with Crippen LogP contribution in [0.25, 0.3) is 0 Å². The molecular formula is C28H28N5O9S+. The minimum atomic E-state index is -2.66. The van der Waals surface area contributed by atoms with Gasteiger partial charge in [0.1, 0.15) is 17.1 Å². The molecule has 0 radical (unpaired) electrons. The first-order valence-electron chi connectivity index (χ1n) is 13.0. The maximum atomic E-state index is 14.0. The van der Waals surface area contributed by atoms with Crippen molar-refractivity contribution in [2.24, 2.45) is 17.6 Å². The van der Waals surface area contributed by atoms with Gasteiger partial charge >= 0.3 is 5.69 Å². The van der Waals surface area contributed by atoms with Crippen molar-refractivity contribution in [1.82, 2.24) is 0 Å². The topological polar surface area (TPSA) is 226 Å². The Hall–Kier alpha value is -5.02. The van der Waals surface area contributed by atoms with Crippen molar-refractivity contribution in [3.63, 3.8) is 0 Å². The maximum absolute atomic E-state index is 14.0. The van der Waals surface area contributed by atoms with Crippen molar-refractivity contribution in [3.8, 4) is 5.75 Å². The van der Waals surface area contributed by atoms with Gasteiger partial charge in [-0.1, -0.05) is 0 Å². The molecule has 0 bridgehead atoms. The fourth-order valence-corrected chi connectivity index (χ4v) is 6.35. The summed E-state index contributed by atoms with van der Waals surface area (Å²) in [5.74, 6) is -7.13. The molecule has 9 N–H and O–H groups in total. The van der Waals surface area contributed by atoms with Crippen LogP contribution in [0.15, 0.2) is 53.0 Å². The molecule has 0 aromatic heterocycles. The highest BCUT2D eigenvalue weighted by Crippen LogP contribution is 2.53. The summed E-state index contributed by atoms with van der Waals surface area (Å²) >= 11 is 5.36. The molecule has 5 rings (SSSR count). The SMILES string of the molecule is CN(C)c1cc(NC(=S)Nc2ccc([N+](=O)O)cc2)c(O)c2c1C[C@H]1C[C@H]3CC(O)=C(C(N)=O)C(=O)[C@@]3(O)C(O)=C1C2=O. The van der Waals surface area contributed by atoms with Gasteiger partial charge in [-0.25, -0.2) is 5.21 Å². The lowest BCUT2D eigenvalue weighted by Gasteiger charge is -2.46. The lowest BCUT2D eigenvalue weighted by molar-refractivity contribution is -0.729. The molecule has 0 fully saturated rings. The second-order valence-corrected chi connectivity index (χ2v) is 11.3. The Morgan fingerprint density at radius 2 is 1.77 bits per heavy atom. The van der Waals surface area contributed by atoms with E-state index in [1.165, 1.54) is 24.3 Å². The number of nitrogens with zero attached hydrogens (tertiary/aromatic N) is 2. The normalized spacial score (nSPS) is 22.8. The number of phenolic OH excluding ortho intramolecular Hbond substituents is 1. The standard InChI is InChI=1S/C28H27N5O9S/c1-32(2)17-10-16(31-27(43)30-13-3-5-14(6-4-13)33(41)42)22(35)20-15(17)8-11-7-12-9-18(34)21(26(29)39)25(38)28(12,40)24(37)19(11)23(20)36/h3-6,10-12,40H,7-9H2,1-2H3,(H7-,29,30,31,34,35,36,37,38,39,41,42,43)/p+1/t11-,12+,28+/m1/s1. The van der Waals surface area contributed by atoms with Crippen LogP contribution in [0.3, 0.4) is 0 Å². The molecule has 3 aliphatic rings. The summed E-state index contributed by atoms with van der Waals surface area (Å²) in [7, 11) is 3.46. The van der Waals surface area contributed by atoms with Crippen LogP contribution in [0.5, 0.6) is 5.75 Å². The molecule has 0 aliphatic heterocycles. The Kier molecular flexibility index (Phi) is 7.10. The number of aliphatic hydroxyl groups is 3. The third-order valence-electron chi connectivity index (χ3n) is 8.11. The lowest BCUT2D eigenvalue weighted by Crippen LogP contribution is -2.57. The number of carbonyl (C=O) groups is 3. The van der Waals surface area contributed by atoms with Crippen LogP contribution in [-0.2, 0) is 16.0 Å². The molecular weight excluding hydrogens is 582 g/mol. The van der Waals surface area contributed by atoms with E-state index in [0.717, 1.165) is 0 Å². The van der Waals surface area contributed by atoms with Gasteiger partial charge < -0.3 is 41.7 Å². The van der Waals surface area contributed by atoms with Crippen molar-refractivity contribution < 1.29 is 44.9 Å². The first-order valence-corrected chi connectivity index (χ1v) is 13.4. The fourth-order valence-electron chi connectivity index (χ4n) is 6.12. The minimum Gasteiger partial charge on any atom is -0.511 e. The zero-order chi connectivity index (χ0) is 31.5. The number of ketones is 2. The van der Waals surface area contributed by atoms with Gasteiger partial charge in [-0.15, -0.1) is 0 Å². The first kappa shape index (κ1) is 29.5. The van der Waals surface area contributed by atoms with Crippen molar-refractivity contribution in [2.75, 3.05) is 29.6 Å². The van der Waals surface area contributed by atoms with Gasteiger partial charge in [0.25, 0.3) is 10.8 Å². The zero-order valence-electron chi connectivity index (χ0n) is 22.9. The molecule has 14 nitrogen and oxygen atoms in total. The number of primary amides is 1. The highest BCUT2D eigenvalue weighted by Gasteiger charge is 2.59. The van der Waals surface area contributed by atoms with E-state index in [1.54, 1.807) is 25.1 Å². The molecule has 0 saturated carbocycles. The van der Waals surface area contributed by atoms with E-state index in [2.05, 4.69) is 10.6 Å². The second-order valence-electron chi connectivity index (χ2n) is 10.8. The molecule has 2 aromatic carbocycles. The van der Waals surface area contributed by atoms with Gasteiger partial charge in [0.15, 0.2) is 22.2 Å². The van der Waals surface area contributed by atoms with E-state index in [0.29, 0.717) is 16.9 Å². The van der Waals surface area contributed by atoms with Crippen LogP contribution >= 0.6 is 12.2 Å². The number of phenols is 1. The van der Waals surface area contributed by atoms with Crippen molar-refractivity contribution in [1.29, 1.82) is 0 Å². The Bertz CT molecular complexity index is 1700. The van der Waals surface area contributed by atoms with Gasteiger partial charge in [0, 0.05) is 55.5 Å². The molecule has 2 aromatic rings. The number of allylic oxidation sites excluding steroid dienone is 2. The highest BCUT2D eigenvalue weighted by atomic mass is 32.1. The van der Waals surface area contributed by atoms with E-state index >= 15 is 0 Å². The van der Waals surface area contributed by atoms with E-state index in [-0.39, 0.29) is 51.8 Å². The summed E-state index contributed by atoms with van der Waals surface area (Å²) in [6.07, 6.45) is -0.150. The highest BCUT2D eigenvalue weighted by molar-refractivity contribution is 7.80. The number of nitrogens with two attached hydrogens (primary N) is 1. The van der Waals surface area contributed by atoms with Crippen LogP contribution in [0.4, 0.5) is 22.7 Å². The van der Waals surface area contributed by atoms with Gasteiger partial charge in [0.05, 0.1) is 16.2 Å². The third-order valence-corrected chi connectivity index (χ3v) is 8.32. The number of amides is 1. The van der Waals surface area contributed by atoms with Crippen LogP contribution in [0.1, 0.15) is 28.8 Å². The lowest BCUT2D eigenvalue weighted by atomic mass is 9.60. The average molecular weight is 611 g/mol. The minimum absolute atomic E-state index is 0.00551. The van der Waals surface area contributed by atoms with Crippen molar-refractivity contribution >= 4 is 57.6 Å². The number of anilines is 3. The van der Waals surface area contributed by atoms with Crippen LogP contribution in [-0.4, -0.2) is 72.8 Å². The largest absolute Gasteiger partial charge is 0.511 e. The molecule has 0 unspecified atom stereocenters. The number of aliphatic hydroxyl groups excluding tert-OH is 2. The van der Waals surface area contributed by atoms with Crippen LogP contribution in [0.2, 0.25) is 0 Å². The fraction of sp³-hybridized carbons (Fsp3) is 0.286. The van der Waals surface area contributed by atoms with Gasteiger partial charge in [-0.05, 0) is 54.7 Å². The second kappa shape index (κ2) is 10.4. The summed E-state index contributed by atoms with van der Waals surface area (Å²) in [5, 5.41) is 59.1. The smallest absolute Gasteiger partial charge is 0.316 e. The molecule has 15 heteroatoms. The summed E-state index contributed by atoms with van der Waals surface area (Å²) in [5.41, 5.74) is 2.79. The third kappa shape index (κ3) is 4.62. The maximum Gasteiger partial charge on any atom is 0.316 e. The number of fused-ring (bicyclic) bond motifs is 3. The number of hydrogen-bond acceptors (Lipinski definition) is 10. The molecule has 0 heterocycles. The number of aromatic hydroxyl groups is 1. The predicted octanol–water partition coefficient (Wildman–Crippen LogP) is 2.26. The number of rotatable bonds is 5. The monoisotopic (exact) mass is 610 g/mol. The van der Waals surface area contributed by atoms with E-state index in [4.69, 9.17) is 23.2 Å². The average Bonchev–Trinajstić information content (AvgIpc) is 2.92. The number of nitrogens with one attached hydrogen (secondary N) is 2. The Morgan fingerprint density at radius 1 is 1.12 bits per heavy atom. The molecule has 3 aliphatic carbocycles. The van der Waals surface area contributed by atoms with E-state index in [1.807, 2.05) is 0 Å². The molecule has 3 atom stereocenters. The molecule has 224 valence electrons.